The number of aliphatic imine (C=N–C) groups is 1. The molecule has 1 aromatic heterocycles. The van der Waals surface area contributed by atoms with Crippen molar-refractivity contribution in [1.29, 1.82) is 0 Å². The van der Waals surface area contributed by atoms with Gasteiger partial charge in [0.1, 0.15) is 6.17 Å². The summed E-state index contributed by atoms with van der Waals surface area (Å²) in [6.45, 7) is 0. The molecule has 3 heteroatoms. The highest BCUT2D eigenvalue weighted by Crippen LogP contribution is 2.40. The summed E-state index contributed by atoms with van der Waals surface area (Å²) in [5.41, 5.74) is 12.5. The van der Waals surface area contributed by atoms with Crippen LogP contribution in [-0.4, -0.2) is 22.6 Å². The van der Waals surface area contributed by atoms with E-state index in [9.17, 15) is 0 Å². The van der Waals surface area contributed by atoms with E-state index in [4.69, 9.17) is 4.99 Å². The van der Waals surface area contributed by atoms with Gasteiger partial charge in [0.2, 0.25) is 0 Å². The lowest BCUT2D eigenvalue weighted by Gasteiger charge is -2.34. The van der Waals surface area contributed by atoms with E-state index in [1.807, 2.05) is 18.5 Å². The quantitative estimate of drug-likeness (QED) is 0.161. The van der Waals surface area contributed by atoms with E-state index in [1.165, 1.54) is 54.6 Å². The van der Waals surface area contributed by atoms with Gasteiger partial charge in [0.15, 0.2) is 0 Å². The van der Waals surface area contributed by atoms with E-state index in [1.54, 1.807) is 0 Å². The van der Waals surface area contributed by atoms with E-state index in [-0.39, 0.29) is 6.17 Å². The van der Waals surface area contributed by atoms with Gasteiger partial charge in [-0.1, -0.05) is 158 Å². The molecule has 1 aliphatic rings. The molecule has 1 unspecified atom stereocenters. The number of hydrogen-bond donors (Lipinski definition) is 0. The number of benzene rings is 8. The van der Waals surface area contributed by atoms with Crippen molar-refractivity contribution in [3.63, 3.8) is 0 Å². The van der Waals surface area contributed by atoms with Crippen molar-refractivity contribution in [2.75, 3.05) is 7.05 Å². The number of pyridine rings is 1. The monoisotopic (exact) mass is 703 g/mol. The van der Waals surface area contributed by atoms with Gasteiger partial charge in [-0.3, -0.25) is 9.98 Å². The maximum atomic E-state index is 5.55. The Morgan fingerprint density at radius 1 is 0.436 bits per heavy atom. The molecule has 0 aliphatic carbocycles. The predicted octanol–water partition coefficient (Wildman–Crippen LogP) is 13.0. The van der Waals surface area contributed by atoms with Gasteiger partial charge in [0.25, 0.3) is 0 Å². The second-order valence-corrected chi connectivity index (χ2v) is 14.3. The van der Waals surface area contributed by atoms with Crippen molar-refractivity contribution in [1.82, 2.24) is 9.88 Å². The first-order valence-electron chi connectivity index (χ1n) is 18.8. The molecular weight excluding hydrogens is 667 g/mol. The van der Waals surface area contributed by atoms with Crippen LogP contribution in [0.5, 0.6) is 0 Å². The minimum absolute atomic E-state index is 0.249. The van der Waals surface area contributed by atoms with Crippen LogP contribution in [0.4, 0.5) is 0 Å². The Labute approximate surface area is 321 Å². The fourth-order valence-corrected chi connectivity index (χ4v) is 8.21. The number of hydrogen-bond acceptors (Lipinski definition) is 3. The van der Waals surface area contributed by atoms with Crippen LogP contribution in [0.25, 0.3) is 71.4 Å². The Kier molecular flexibility index (Phi) is 8.11. The Balaban J connectivity index is 1.11. The third-order valence-electron chi connectivity index (χ3n) is 11.0. The van der Waals surface area contributed by atoms with Crippen LogP contribution in [0.3, 0.4) is 0 Å². The molecular formula is C52H37N3. The summed E-state index contributed by atoms with van der Waals surface area (Å²) in [6, 6.07) is 65.6. The van der Waals surface area contributed by atoms with Crippen molar-refractivity contribution >= 4 is 43.7 Å². The normalized spacial score (nSPS) is 14.3. The van der Waals surface area contributed by atoms with Crippen molar-refractivity contribution in [3.8, 4) is 33.4 Å². The molecule has 0 fully saturated rings. The summed E-state index contributed by atoms with van der Waals surface area (Å²) in [7, 11) is 2.16. The summed E-state index contributed by atoms with van der Waals surface area (Å²) >= 11 is 0. The maximum absolute atomic E-state index is 5.55. The molecule has 1 atom stereocenters. The average molecular weight is 704 g/mol. The van der Waals surface area contributed by atoms with Crippen molar-refractivity contribution in [2.24, 2.45) is 4.99 Å². The van der Waals surface area contributed by atoms with Crippen LogP contribution in [0.15, 0.2) is 205 Å². The molecule has 0 amide bonds. The Bertz CT molecular complexity index is 2940. The molecule has 0 saturated heterocycles. The molecule has 260 valence electrons. The highest BCUT2D eigenvalue weighted by molar-refractivity contribution is 6.15. The van der Waals surface area contributed by atoms with Gasteiger partial charge < -0.3 is 4.90 Å². The number of fused-ring (bicyclic) bond motifs is 4. The summed E-state index contributed by atoms with van der Waals surface area (Å²) in [6.07, 6.45) is 5.73. The van der Waals surface area contributed by atoms with Gasteiger partial charge in [-0.2, -0.15) is 0 Å². The molecule has 2 heterocycles. The van der Waals surface area contributed by atoms with Gasteiger partial charge in [-0.25, -0.2) is 0 Å². The van der Waals surface area contributed by atoms with Gasteiger partial charge in [-0.05, 0) is 107 Å². The number of aromatic nitrogens is 1. The molecule has 0 radical (unpaired) electrons. The highest BCUT2D eigenvalue weighted by Gasteiger charge is 2.26. The number of nitrogens with zero attached hydrogens (tertiary/aromatic N) is 3. The second kappa shape index (κ2) is 13.7. The van der Waals surface area contributed by atoms with E-state index in [0.29, 0.717) is 0 Å². The van der Waals surface area contributed by atoms with E-state index < -0.39 is 0 Å². The largest absolute Gasteiger partial charge is 0.349 e. The SMILES string of the molecule is CN1C(c2ccc(-c3cccnc3)cc2)=CC(c2cccc(-c3cccc4ccccc34)c2)=NC1c1cccc(-c2cc3ccccc3c3ccccc23)c1. The standard InChI is InChI=1S/C52H37N3/c1-55-51(37-27-25-35(26-28-37)43-19-11-29-53-34-43)33-50(41-17-8-15-38(30-41)45-24-10-14-36-12-2-4-20-44(36)45)54-52(55)42-18-9-16-39(31-42)49-32-40-13-3-5-21-46(40)47-22-6-7-23-48(47)49/h2-34,52H,1H3. The second-order valence-electron chi connectivity index (χ2n) is 14.3. The Hall–Kier alpha value is -7.10. The Morgan fingerprint density at radius 3 is 1.89 bits per heavy atom. The topological polar surface area (TPSA) is 28.5 Å². The molecule has 0 saturated carbocycles. The zero-order valence-electron chi connectivity index (χ0n) is 30.5. The van der Waals surface area contributed by atoms with Crippen LogP contribution < -0.4 is 0 Å². The summed E-state index contributed by atoms with van der Waals surface area (Å²) < 4.78 is 0. The van der Waals surface area contributed by atoms with Crippen LogP contribution in [0.1, 0.15) is 22.9 Å². The van der Waals surface area contributed by atoms with Gasteiger partial charge in [0, 0.05) is 30.7 Å². The lowest BCUT2D eigenvalue weighted by atomic mass is 9.92. The average Bonchev–Trinajstić information content (AvgIpc) is 3.26. The van der Waals surface area contributed by atoms with Crippen molar-refractivity contribution in [3.05, 3.63) is 217 Å². The first-order valence-corrected chi connectivity index (χ1v) is 18.8. The van der Waals surface area contributed by atoms with E-state index >= 15 is 0 Å². The van der Waals surface area contributed by atoms with Gasteiger partial charge >= 0.3 is 0 Å². The summed E-state index contributed by atoms with van der Waals surface area (Å²) in [5.74, 6) is 0. The summed E-state index contributed by atoms with van der Waals surface area (Å²) in [4.78, 5) is 12.2. The highest BCUT2D eigenvalue weighted by atomic mass is 15.2. The summed E-state index contributed by atoms with van der Waals surface area (Å²) in [5, 5.41) is 7.50. The molecule has 8 aromatic carbocycles. The van der Waals surface area contributed by atoms with E-state index in [0.717, 1.165) is 39.2 Å². The molecule has 3 nitrogen and oxygen atoms in total. The van der Waals surface area contributed by atoms with Crippen LogP contribution in [0, 0.1) is 0 Å². The first-order chi connectivity index (χ1) is 27.2. The van der Waals surface area contributed by atoms with Crippen molar-refractivity contribution < 1.29 is 0 Å². The maximum Gasteiger partial charge on any atom is 0.147 e. The third-order valence-corrected chi connectivity index (χ3v) is 11.0. The van der Waals surface area contributed by atoms with Crippen LogP contribution in [-0.2, 0) is 0 Å². The fourth-order valence-electron chi connectivity index (χ4n) is 8.21. The molecule has 0 spiro atoms. The third kappa shape index (κ3) is 5.97. The number of rotatable bonds is 6. The first kappa shape index (κ1) is 32.5. The molecule has 1 aliphatic heterocycles. The zero-order valence-corrected chi connectivity index (χ0v) is 30.5. The smallest absolute Gasteiger partial charge is 0.147 e. The van der Waals surface area contributed by atoms with Gasteiger partial charge in [0.05, 0.1) is 5.71 Å². The molecule has 0 bridgehead atoms. The molecule has 0 N–H and O–H groups in total. The molecule has 9 aromatic rings. The molecule has 55 heavy (non-hydrogen) atoms. The minimum atomic E-state index is -0.249. The Morgan fingerprint density at radius 2 is 1.07 bits per heavy atom. The van der Waals surface area contributed by atoms with E-state index in [2.05, 4.69) is 199 Å². The minimum Gasteiger partial charge on any atom is -0.349 e. The predicted molar refractivity (Wildman–Crippen MR) is 231 cm³/mol. The lowest BCUT2D eigenvalue weighted by Crippen LogP contribution is -2.27. The van der Waals surface area contributed by atoms with Crippen LogP contribution >= 0.6 is 0 Å². The lowest BCUT2D eigenvalue weighted by molar-refractivity contribution is 0.364. The number of allylic oxidation sites excluding steroid dienone is 1. The molecule has 10 rings (SSSR count). The zero-order chi connectivity index (χ0) is 36.7. The van der Waals surface area contributed by atoms with Gasteiger partial charge in [-0.15, -0.1) is 0 Å². The van der Waals surface area contributed by atoms with Crippen LogP contribution in [0.2, 0.25) is 0 Å². The van der Waals surface area contributed by atoms with Crippen molar-refractivity contribution in [2.45, 2.75) is 6.17 Å². The fraction of sp³-hybridized carbons (Fsp3) is 0.0385.